The van der Waals surface area contributed by atoms with Gasteiger partial charge in [0, 0.05) is 18.3 Å². The second kappa shape index (κ2) is 3.37. The molecule has 0 radical (unpaired) electrons. The summed E-state index contributed by atoms with van der Waals surface area (Å²) in [7, 11) is 1.72. The second-order valence-electron chi connectivity index (χ2n) is 2.78. The Labute approximate surface area is 80.9 Å². The summed E-state index contributed by atoms with van der Waals surface area (Å²) in [6.07, 6.45) is 0. The van der Waals surface area contributed by atoms with Crippen molar-refractivity contribution < 1.29 is 4.42 Å². The van der Waals surface area contributed by atoms with Crippen LogP contribution in [0.5, 0.6) is 0 Å². The van der Waals surface area contributed by atoms with E-state index in [0.717, 1.165) is 5.56 Å². The highest BCUT2D eigenvalue weighted by Gasteiger charge is 2.05. The lowest BCUT2D eigenvalue weighted by atomic mass is 10.2. The van der Waals surface area contributed by atoms with Crippen molar-refractivity contribution in [3.05, 3.63) is 24.3 Å². The number of nitrogens with zero attached hydrogens (tertiary/aromatic N) is 2. The monoisotopic (exact) mass is 190 g/mol. The van der Waals surface area contributed by atoms with Gasteiger partial charge in [-0.15, -0.1) is 5.10 Å². The van der Waals surface area contributed by atoms with Crippen LogP contribution < -0.4 is 11.1 Å². The SMILES string of the molecule is CNc1nnc(-c2ccc(N)cc2)o1. The third kappa shape index (κ3) is 1.52. The molecule has 0 spiro atoms. The van der Waals surface area contributed by atoms with Gasteiger partial charge in [0.15, 0.2) is 0 Å². The standard InChI is InChI=1S/C9H10N4O/c1-11-9-13-12-8(14-9)6-2-4-7(10)5-3-6/h2-5H,10H2,1H3,(H,11,13). The lowest BCUT2D eigenvalue weighted by Crippen LogP contribution is -1.85. The molecule has 0 atom stereocenters. The molecule has 0 amide bonds. The first-order valence-corrected chi connectivity index (χ1v) is 4.17. The number of aromatic nitrogens is 2. The highest BCUT2D eigenvalue weighted by atomic mass is 16.4. The van der Waals surface area contributed by atoms with Crippen LogP contribution in [-0.4, -0.2) is 17.2 Å². The van der Waals surface area contributed by atoms with Crippen molar-refractivity contribution in [1.82, 2.24) is 10.2 Å². The van der Waals surface area contributed by atoms with Crippen LogP contribution >= 0.6 is 0 Å². The summed E-state index contributed by atoms with van der Waals surface area (Å²) in [6.45, 7) is 0. The Morgan fingerprint density at radius 2 is 1.93 bits per heavy atom. The van der Waals surface area contributed by atoms with Gasteiger partial charge in [-0.05, 0) is 24.3 Å². The van der Waals surface area contributed by atoms with Gasteiger partial charge in [-0.3, -0.25) is 0 Å². The van der Waals surface area contributed by atoms with Gasteiger partial charge in [0.1, 0.15) is 0 Å². The lowest BCUT2D eigenvalue weighted by molar-refractivity contribution is 0.585. The van der Waals surface area contributed by atoms with Crippen molar-refractivity contribution in [2.75, 3.05) is 18.1 Å². The van der Waals surface area contributed by atoms with Gasteiger partial charge in [0.2, 0.25) is 5.89 Å². The molecule has 5 heteroatoms. The van der Waals surface area contributed by atoms with Gasteiger partial charge >= 0.3 is 6.01 Å². The number of nitrogen functional groups attached to an aromatic ring is 1. The lowest BCUT2D eigenvalue weighted by Gasteiger charge is -1.94. The number of rotatable bonds is 2. The Morgan fingerprint density at radius 3 is 2.50 bits per heavy atom. The number of benzene rings is 1. The van der Waals surface area contributed by atoms with Crippen LogP contribution in [0.1, 0.15) is 0 Å². The zero-order chi connectivity index (χ0) is 9.97. The Kier molecular flexibility index (Phi) is 2.06. The summed E-state index contributed by atoms with van der Waals surface area (Å²) in [5, 5.41) is 10.4. The van der Waals surface area contributed by atoms with E-state index in [1.165, 1.54) is 0 Å². The van der Waals surface area contributed by atoms with Crippen LogP contribution in [0.2, 0.25) is 0 Å². The van der Waals surface area contributed by atoms with Gasteiger partial charge in [0.25, 0.3) is 0 Å². The molecule has 1 heterocycles. The van der Waals surface area contributed by atoms with Crippen molar-refractivity contribution in [2.45, 2.75) is 0 Å². The van der Waals surface area contributed by atoms with Crippen LogP contribution in [0, 0.1) is 0 Å². The first-order valence-electron chi connectivity index (χ1n) is 4.17. The third-order valence-corrected chi connectivity index (χ3v) is 1.80. The Morgan fingerprint density at radius 1 is 1.21 bits per heavy atom. The van der Waals surface area contributed by atoms with E-state index in [9.17, 15) is 0 Å². The topological polar surface area (TPSA) is 77.0 Å². The molecule has 0 unspecified atom stereocenters. The molecule has 5 nitrogen and oxygen atoms in total. The van der Waals surface area contributed by atoms with E-state index < -0.39 is 0 Å². The normalized spacial score (nSPS) is 10.1. The van der Waals surface area contributed by atoms with E-state index in [1.54, 1.807) is 19.2 Å². The van der Waals surface area contributed by atoms with Gasteiger partial charge in [-0.25, -0.2) is 0 Å². The van der Waals surface area contributed by atoms with E-state index >= 15 is 0 Å². The average Bonchev–Trinajstić information content (AvgIpc) is 2.67. The highest BCUT2D eigenvalue weighted by molar-refractivity contribution is 5.57. The summed E-state index contributed by atoms with van der Waals surface area (Å²) in [5.74, 6) is 0.481. The second-order valence-corrected chi connectivity index (χ2v) is 2.78. The molecule has 0 bridgehead atoms. The van der Waals surface area contributed by atoms with Crippen molar-refractivity contribution in [3.8, 4) is 11.5 Å². The summed E-state index contributed by atoms with van der Waals surface area (Å²) in [6, 6.07) is 7.65. The molecule has 72 valence electrons. The molecular formula is C9H10N4O. The molecule has 0 fully saturated rings. The summed E-state index contributed by atoms with van der Waals surface area (Å²) in [4.78, 5) is 0. The largest absolute Gasteiger partial charge is 0.403 e. The van der Waals surface area contributed by atoms with Gasteiger partial charge in [-0.2, -0.15) is 0 Å². The predicted octanol–water partition coefficient (Wildman–Crippen LogP) is 1.36. The maximum absolute atomic E-state index is 5.56. The Balaban J connectivity index is 2.34. The van der Waals surface area contributed by atoms with Crippen molar-refractivity contribution >= 4 is 11.7 Å². The van der Waals surface area contributed by atoms with Crippen molar-refractivity contribution in [1.29, 1.82) is 0 Å². The molecule has 0 aliphatic heterocycles. The molecule has 14 heavy (non-hydrogen) atoms. The minimum absolute atomic E-state index is 0.400. The fourth-order valence-corrected chi connectivity index (χ4v) is 1.07. The number of anilines is 2. The fourth-order valence-electron chi connectivity index (χ4n) is 1.07. The molecule has 1 aromatic heterocycles. The molecule has 0 saturated carbocycles. The fraction of sp³-hybridized carbons (Fsp3) is 0.111. The average molecular weight is 190 g/mol. The Bertz CT molecular complexity index is 421. The van der Waals surface area contributed by atoms with Gasteiger partial charge in [-0.1, -0.05) is 5.10 Å². The van der Waals surface area contributed by atoms with Crippen LogP contribution in [0.25, 0.3) is 11.5 Å². The Hall–Kier alpha value is -2.04. The third-order valence-electron chi connectivity index (χ3n) is 1.80. The van der Waals surface area contributed by atoms with E-state index in [4.69, 9.17) is 10.2 Å². The van der Waals surface area contributed by atoms with Crippen LogP contribution in [0.3, 0.4) is 0 Å². The van der Waals surface area contributed by atoms with E-state index in [0.29, 0.717) is 17.6 Å². The molecule has 2 aromatic rings. The van der Waals surface area contributed by atoms with Crippen LogP contribution in [0.4, 0.5) is 11.7 Å². The van der Waals surface area contributed by atoms with Crippen molar-refractivity contribution in [2.24, 2.45) is 0 Å². The first-order chi connectivity index (χ1) is 6.79. The van der Waals surface area contributed by atoms with Crippen molar-refractivity contribution in [3.63, 3.8) is 0 Å². The van der Waals surface area contributed by atoms with Crippen LogP contribution in [0.15, 0.2) is 28.7 Å². The molecule has 0 saturated heterocycles. The van der Waals surface area contributed by atoms with Crippen LogP contribution in [-0.2, 0) is 0 Å². The molecular weight excluding hydrogens is 180 g/mol. The number of nitrogens with two attached hydrogens (primary N) is 1. The molecule has 0 aliphatic rings. The molecule has 3 N–H and O–H groups in total. The van der Waals surface area contributed by atoms with E-state index in [-0.39, 0.29) is 0 Å². The number of hydrogen-bond donors (Lipinski definition) is 2. The minimum atomic E-state index is 0.400. The van der Waals surface area contributed by atoms with Gasteiger partial charge in [0.05, 0.1) is 0 Å². The molecule has 1 aromatic carbocycles. The quantitative estimate of drug-likeness (QED) is 0.699. The zero-order valence-electron chi connectivity index (χ0n) is 7.69. The van der Waals surface area contributed by atoms with E-state index in [2.05, 4.69) is 15.5 Å². The first kappa shape index (κ1) is 8.55. The smallest absolute Gasteiger partial charge is 0.315 e. The maximum atomic E-state index is 5.56. The predicted molar refractivity (Wildman–Crippen MR) is 53.7 cm³/mol. The highest BCUT2D eigenvalue weighted by Crippen LogP contribution is 2.20. The maximum Gasteiger partial charge on any atom is 0.315 e. The number of nitrogens with one attached hydrogen (secondary N) is 1. The zero-order valence-corrected chi connectivity index (χ0v) is 7.69. The minimum Gasteiger partial charge on any atom is -0.403 e. The number of hydrogen-bond acceptors (Lipinski definition) is 5. The van der Waals surface area contributed by atoms with E-state index in [1.807, 2.05) is 12.1 Å². The summed E-state index contributed by atoms with van der Waals surface area (Å²) < 4.78 is 5.28. The summed E-state index contributed by atoms with van der Waals surface area (Å²) in [5.41, 5.74) is 7.12. The molecule has 2 rings (SSSR count). The molecule has 0 aliphatic carbocycles. The summed E-state index contributed by atoms with van der Waals surface area (Å²) >= 11 is 0. The van der Waals surface area contributed by atoms with Gasteiger partial charge < -0.3 is 15.5 Å².